The molecule has 1 aromatic carbocycles. The van der Waals surface area contributed by atoms with Gasteiger partial charge in [0.25, 0.3) is 0 Å². The first-order valence-corrected chi connectivity index (χ1v) is 6.25. The van der Waals surface area contributed by atoms with Crippen LogP contribution >= 0.6 is 12.2 Å². The van der Waals surface area contributed by atoms with E-state index in [1.165, 1.54) is 5.56 Å². The van der Waals surface area contributed by atoms with Gasteiger partial charge in [-0.15, -0.1) is 0 Å². The van der Waals surface area contributed by atoms with Crippen LogP contribution in [-0.2, 0) is 6.54 Å². The topological polar surface area (TPSA) is 33.6 Å². The highest BCUT2D eigenvalue weighted by Gasteiger charge is 2.06. The summed E-state index contributed by atoms with van der Waals surface area (Å²) in [7, 11) is 0. The fraction of sp³-hybridized carbons (Fsp3) is 0.143. The first-order valence-electron chi connectivity index (χ1n) is 5.84. The Morgan fingerprint density at radius 3 is 2.72 bits per heavy atom. The van der Waals surface area contributed by atoms with Gasteiger partial charge in [-0.05, 0) is 36.8 Å². The molecule has 0 atom stereocenters. The maximum atomic E-state index is 5.36. The van der Waals surface area contributed by atoms with E-state index in [2.05, 4.69) is 22.1 Å². The second-order valence-electron chi connectivity index (χ2n) is 4.33. The van der Waals surface area contributed by atoms with Crippen molar-refractivity contribution in [3.63, 3.8) is 0 Å². The monoisotopic (exact) mass is 255 g/mol. The number of benzene rings is 1. The van der Waals surface area contributed by atoms with E-state index >= 15 is 0 Å². The van der Waals surface area contributed by atoms with E-state index in [0.29, 0.717) is 4.77 Å². The second-order valence-corrected chi connectivity index (χ2v) is 4.71. The molecule has 0 unspecified atom stereocenters. The third-order valence-electron chi connectivity index (χ3n) is 2.94. The van der Waals surface area contributed by atoms with Crippen molar-refractivity contribution in [3.05, 3.63) is 58.5 Å². The molecule has 4 heteroatoms. The minimum absolute atomic E-state index is 0.715. The first kappa shape index (κ1) is 11.2. The number of aryl methyl sites for hydroxylation is 1. The lowest BCUT2D eigenvalue weighted by molar-refractivity contribution is 0.799. The highest BCUT2D eigenvalue weighted by molar-refractivity contribution is 7.71. The van der Waals surface area contributed by atoms with Gasteiger partial charge in [0.05, 0.1) is 12.1 Å². The van der Waals surface area contributed by atoms with Crippen LogP contribution in [0.25, 0.3) is 11.2 Å². The van der Waals surface area contributed by atoms with Gasteiger partial charge in [-0.25, -0.2) is 4.98 Å². The van der Waals surface area contributed by atoms with Crippen molar-refractivity contribution in [2.24, 2.45) is 0 Å². The van der Waals surface area contributed by atoms with Gasteiger partial charge in [0.2, 0.25) is 0 Å². The summed E-state index contributed by atoms with van der Waals surface area (Å²) in [6.45, 7) is 2.73. The van der Waals surface area contributed by atoms with Gasteiger partial charge < -0.3 is 4.98 Å². The van der Waals surface area contributed by atoms with Crippen molar-refractivity contribution in [3.8, 4) is 0 Å². The van der Waals surface area contributed by atoms with Crippen LogP contribution in [0.3, 0.4) is 0 Å². The van der Waals surface area contributed by atoms with Gasteiger partial charge in [-0.2, -0.15) is 0 Å². The Morgan fingerprint density at radius 2 is 1.94 bits per heavy atom. The molecule has 1 N–H and O–H groups in total. The quantitative estimate of drug-likeness (QED) is 0.712. The molecule has 0 spiro atoms. The van der Waals surface area contributed by atoms with Crippen molar-refractivity contribution in [1.29, 1.82) is 0 Å². The number of hydrogen-bond acceptors (Lipinski definition) is 2. The van der Waals surface area contributed by atoms with E-state index in [0.717, 1.165) is 23.4 Å². The van der Waals surface area contributed by atoms with Crippen LogP contribution in [0.2, 0.25) is 0 Å². The molecule has 0 fully saturated rings. The van der Waals surface area contributed by atoms with Crippen molar-refractivity contribution in [2.75, 3.05) is 0 Å². The third kappa shape index (κ3) is 1.95. The standard InChI is InChI=1S/C14H13N3S/c1-10-7-8-12-13(15-10)17(14(18)16-12)9-11-5-3-2-4-6-11/h2-8H,9H2,1H3,(H,16,18). The van der Waals surface area contributed by atoms with E-state index in [1.54, 1.807) is 0 Å². The number of hydrogen-bond donors (Lipinski definition) is 1. The molecule has 0 aliphatic carbocycles. The number of nitrogens with zero attached hydrogens (tertiary/aromatic N) is 2. The summed E-state index contributed by atoms with van der Waals surface area (Å²) in [6, 6.07) is 14.3. The summed E-state index contributed by atoms with van der Waals surface area (Å²) < 4.78 is 2.75. The Labute approximate surface area is 110 Å². The van der Waals surface area contributed by atoms with Gasteiger partial charge in [0, 0.05) is 5.69 Å². The average Bonchev–Trinajstić information content (AvgIpc) is 2.67. The van der Waals surface area contributed by atoms with Crippen LogP contribution < -0.4 is 0 Å². The Morgan fingerprint density at radius 1 is 1.17 bits per heavy atom. The molecule has 0 amide bonds. The summed E-state index contributed by atoms with van der Waals surface area (Å²) in [5.41, 5.74) is 4.13. The molecule has 0 bridgehead atoms. The van der Waals surface area contributed by atoms with E-state index < -0.39 is 0 Å². The third-order valence-corrected chi connectivity index (χ3v) is 3.26. The average molecular weight is 255 g/mol. The van der Waals surface area contributed by atoms with Gasteiger partial charge in [-0.3, -0.25) is 4.57 Å². The molecule has 2 heterocycles. The van der Waals surface area contributed by atoms with Gasteiger partial charge >= 0.3 is 0 Å². The van der Waals surface area contributed by atoms with Gasteiger partial charge in [0.15, 0.2) is 10.4 Å². The number of aromatic amines is 1. The SMILES string of the molecule is Cc1ccc2[nH]c(=S)n(Cc3ccccc3)c2n1. The number of fused-ring (bicyclic) bond motifs is 1. The van der Waals surface area contributed by atoms with Crippen molar-refractivity contribution < 1.29 is 0 Å². The van der Waals surface area contributed by atoms with Crippen molar-refractivity contribution in [1.82, 2.24) is 14.5 Å². The molecule has 2 aromatic heterocycles. The molecular formula is C14H13N3S. The number of pyridine rings is 1. The van der Waals surface area contributed by atoms with Crippen LogP contribution in [0, 0.1) is 11.7 Å². The lowest BCUT2D eigenvalue weighted by Crippen LogP contribution is -2.01. The Hall–Kier alpha value is -1.94. The largest absolute Gasteiger partial charge is 0.329 e. The number of nitrogens with one attached hydrogen (secondary N) is 1. The molecular weight excluding hydrogens is 242 g/mol. The smallest absolute Gasteiger partial charge is 0.179 e. The van der Waals surface area contributed by atoms with E-state index in [9.17, 15) is 0 Å². The minimum atomic E-state index is 0.715. The zero-order chi connectivity index (χ0) is 12.5. The fourth-order valence-corrected chi connectivity index (χ4v) is 2.30. The first-order chi connectivity index (χ1) is 8.74. The number of imidazole rings is 1. The second kappa shape index (κ2) is 4.38. The Bertz CT molecular complexity index is 741. The number of rotatable bonds is 2. The number of aromatic nitrogens is 3. The van der Waals surface area contributed by atoms with Crippen LogP contribution in [0.4, 0.5) is 0 Å². The highest BCUT2D eigenvalue weighted by Crippen LogP contribution is 2.14. The Balaban J connectivity index is 2.14. The highest BCUT2D eigenvalue weighted by atomic mass is 32.1. The zero-order valence-electron chi connectivity index (χ0n) is 10.1. The van der Waals surface area contributed by atoms with Crippen molar-refractivity contribution in [2.45, 2.75) is 13.5 Å². The van der Waals surface area contributed by atoms with Crippen LogP contribution in [0.5, 0.6) is 0 Å². The lowest BCUT2D eigenvalue weighted by Gasteiger charge is -2.04. The zero-order valence-corrected chi connectivity index (χ0v) is 10.9. The molecule has 0 saturated carbocycles. The van der Waals surface area contributed by atoms with Crippen LogP contribution in [-0.4, -0.2) is 14.5 Å². The van der Waals surface area contributed by atoms with Gasteiger partial charge in [0.1, 0.15) is 0 Å². The molecule has 90 valence electrons. The molecule has 18 heavy (non-hydrogen) atoms. The molecule has 3 nitrogen and oxygen atoms in total. The summed E-state index contributed by atoms with van der Waals surface area (Å²) in [5.74, 6) is 0. The van der Waals surface area contributed by atoms with E-state index in [4.69, 9.17) is 12.2 Å². The molecule has 0 aliphatic heterocycles. The summed E-state index contributed by atoms with van der Waals surface area (Å²) in [4.78, 5) is 7.75. The predicted molar refractivity (Wildman–Crippen MR) is 75.2 cm³/mol. The van der Waals surface area contributed by atoms with Crippen LogP contribution in [0.15, 0.2) is 42.5 Å². The lowest BCUT2D eigenvalue weighted by atomic mass is 10.2. The normalized spacial score (nSPS) is 10.9. The maximum Gasteiger partial charge on any atom is 0.179 e. The summed E-state index contributed by atoms with van der Waals surface area (Å²) in [5, 5.41) is 0. The van der Waals surface area contributed by atoms with Crippen LogP contribution in [0.1, 0.15) is 11.3 Å². The Kier molecular flexibility index (Phi) is 2.72. The summed E-state index contributed by atoms with van der Waals surface area (Å²) >= 11 is 5.36. The summed E-state index contributed by atoms with van der Waals surface area (Å²) in [6.07, 6.45) is 0. The minimum Gasteiger partial charge on any atom is -0.329 e. The molecule has 0 radical (unpaired) electrons. The molecule has 3 rings (SSSR count). The van der Waals surface area contributed by atoms with E-state index in [-0.39, 0.29) is 0 Å². The predicted octanol–water partition coefficient (Wildman–Crippen LogP) is 3.45. The molecule has 0 aliphatic rings. The molecule has 3 aromatic rings. The number of H-pyrrole nitrogens is 1. The van der Waals surface area contributed by atoms with Crippen molar-refractivity contribution >= 4 is 23.4 Å². The maximum absolute atomic E-state index is 5.36. The van der Waals surface area contributed by atoms with E-state index in [1.807, 2.05) is 41.8 Å². The molecule has 0 saturated heterocycles. The fourth-order valence-electron chi connectivity index (χ4n) is 2.04. The van der Waals surface area contributed by atoms with Gasteiger partial charge in [-0.1, -0.05) is 30.3 Å².